The SMILES string of the molecule is CCCCCOc1ccc(F)cc1-c1cc(C)[nH]c(=O)c1C#N. The van der Waals surface area contributed by atoms with Gasteiger partial charge in [0.2, 0.25) is 0 Å². The Labute approximate surface area is 134 Å². The molecule has 0 bridgehead atoms. The van der Waals surface area contributed by atoms with Gasteiger partial charge in [-0.2, -0.15) is 5.26 Å². The molecule has 2 rings (SSSR count). The molecule has 0 aliphatic rings. The molecule has 4 nitrogen and oxygen atoms in total. The smallest absolute Gasteiger partial charge is 0.266 e. The minimum absolute atomic E-state index is 0.0420. The first-order valence-corrected chi connectivity index (χ1v) is 7.63. The average Bonchev–Trinajstić information content (AvgIpc) is 2.52. The van der Waals surface area contributed by atoms with E-state index in [-0.39, 0.29) is 5.56 Å². The Morgan fingerprint density at radius 3 is 2.74 bits per heavy atom. The lowest BCUT2D eigenvalue weighted by molar-refractivity contribution is 0.307. The summed E-state index contributed by atoms with van der Waals surface area (Å²) in [5.41, 5.74) is 0.888. The van der Waals surface area contributed by atoms with Gasteiger partial charge in [-0.3, -0.25) is 4.79 Å². The Balaban J connectivity index is 2.49. The number of nitrogens with zero attached hydrogens (tertiary/aromatic N) is 1. The molecule has 0 fully saturated rings. The van der Waals surface area contributed by atoms with Gasteiger partial charge in [0.25, 0.3) is 5.56 Å². The third-order valence-corrected chi connectivity index (χ3v) is 3.52. The van der Waals surface area contributed by atoms with Crippen LogP contribution in [0.1, 0.15) is 37.4 Å². The van der Waals surface area contributed by atoms with Gasteiger partial charge in [-0.1, -0.05) is 19.8 Å². The van der Waals surface area contributed by atoms with Crippen LogP contribution >= 0.6 is 0 Å². The van der Waals surface area contributed by atoms with Gasteiger partial charge in [-0.15, -0.1) is 0 Å². The number of unbranched alkanes of at least 4 members (excludes halogenated alkanes) is 2. The van der Waals surface area contributed by atoms with E-state index >= 15 is 0 Å². The van der Waals surface area contributed by atoms with Crippen LogP contribution in [0.5, 0.6) is 5.75 Å². The molecule has 2 aromatic rings. The maximum absolute atomic E-state index is 13.7. The fraction of sp³-hybridized carbons (Fsp3) is 0.333. The van der Waals surface area contributed by atoms with Gasteiger partial charge in [0, 0.05) is 16.8 Å². The van der Waals surface area contributed by atoms with E-state index in [1.807, 2.05) is 6.07 Å². The number of benzene rings is 1. The van der Waals surface area contributed by atoms with Crippen molar-refractivity contribution >= 4 is 0 Å². The number of nitrogens with one attached hydrogen (secondary N) is 1. The third kappa shape index (κ3) is 3.98. The quantitative estimate of drug-likeness (QED) is 0.822. The molecule has 0 amide bonds. The molecule has 1 heterocycles. The Morgan fingerprint density at radius 1 is 1.26 bits per heavy atom. The van der Waals surface area contributed by atoms with E-state index in [2.05, 4.69) is 11.9 Å². The molecule has 0 saturated heterocycles. The van der Waals surface area contributed by atoms with E-state index in [4.69, 9.17) is 4.74 Å². The number of hydrogen-bond donors (Lipinski definition) is 1. The van der Waals surface area contributed by atoms with Crippen LogP contribution in [0.25, 0.3) is 11.1 Å². The first-order valence-electron chi connectivity index (χ1n) is 7.63. The lowest BCUT2D eigenvalue weighted by Gasteiger charge is -2.13. The van der Waals surface area contributed by atoms with Crippen LogP contribution in [0, 0.1) is 24.1 Å². The van der Waals surface area contributed by atoms with E-state index in [1.54, 1.807) is 13.0 Å². The molecule has 0 aliphatic heterocycles. The van der Waals surface area contributed by atoms with Crippen LogP contribution in [0.3, 0.4) is 0 Å². The monoisotopic (exact) mass is 314 g/mol. The Hall–Kier alpha value is -2.61. The second-order valence-corrected chi connectivity index (χ2v) is 5.38. The topological polar surface area (TPSA) is 65.9 Å². The maximum atomic E-state index is 13.7. The summed E-state index contributed by atoms with van der Waals surface area (Å²) in [6, 6.07) is 7.69. The minimum Gasteiger partial charge on any atom is -0.493 e. The van der Waals surface area contributed by atoms with Crippen molar-refractivity contribution in [1.82, 2.24) is 4.98 Å². The molecule has 0 unspecified atom stereocenters. The van der Waals surface area contributed by atoms with Gasteiger partial charge in [0.15, 0.2) is 0 Å². The molecule has 0 aliphatic carbocycles. The van der Waals surface area contributed by atoms with Gasteiger partial charge in [0.1, 0.15) is 23.2 Å². The predicted octanol–water partition coefficient (Wildman–Crippen LogP) is 3.93. The summed E-state index contributed by atoms with van der Waals surface area (Å²) >= 11 is 0. The number of aromatic amines is 1. The zero-order chi connectivity index (χ0) is 16.8. The molecule has 0 atom stereocenters. The Kier molecular flexibility index (Phi) is 5.53. The normalized spacial score (nSPS) is 10.3. The van der Waals surface area contributed by atoms with Gasteiger partial charge < -0.3 is 9.72 Å². The summed E-state index contributed by atoms with van der Waals surface area (Å²) in [6.07, 6.45) is 3.02. The molecule has 1 aromatic heterocycles. The van der Waals surface area contributed by atoms with Crippen molar-refractivity contribution in [2.75, 3.05) is 6.61 Å². The zero-order valence-electron chi connectivity index (χ0n) is 13.3. The molecule has 0 spiro atoms. The van der Waals surface area contributed by atoms with E-state index in [0.29, 0.717) is 29.2 Å². The number of pyridine rings is 1. The summed E-state index contributed by atoms with van der Waals surface area (Å²) in [5.74, 6) is 0.0340. The van der Waals surface area contributed by atoms with Crippen molar-refractivity contribution in [3.8, 4) is 22.9 Å². The molecule has 1 N–H and O–H groups in total. The van der Waals surface area contributed by atoms with Crippen molar-refractivity contribution in [2.24, 2.45) is 0 Å². The van der Waals surface area contributed by atoms with Gasteiger partial charge in [-0.05, 0) is 37.6 Å². The largest absolute Gasteiger partial charge is 0.493 e. The summed E-state index contributed by atoms with van der Waals surface area (Å²) in [6.45, 7) is 4.32. The molecular weight excluding hydrogens is 295 g/mol. The number of nitriles is 1. The van der Waals surface area contributed by atoms with Crippen LogP contribution < -0.4 is 10.3 Å². The third-order valence-electron chi connectivity index (χ3n) is 3.52. The zero-order valence-corrected chi connectivity index (χ0v) is 13.3. The summed E-state index contributed by atoms with van der Waals surface area (Å²) in [4.78, 5) is 14.5. The fourth-order valence-electron chi connectivity index (χ4n) is 2.38. The minimum atomic E-state index is -0.483. The van der Waals surface area contributed by atoms with E-state index < -0.39 is 11.4 Å². The van der Waals surface area contributed by atoms with E-state index in [0.717, 1.165) is 19.3 Å². The van der Waals surface area contributed by atoms with Crippen molar-refractivity contribution in [1.29, 1.82) is 5.26 Å². The highest BCUT2D eigenvalue weighted by Crippen LogP contribution is 2.32. The molecule has 23 heavy (non-hydrogen) atoms. The number of ether oxygens (including phenoxy) is 1. The van der Waals surface area contributed by atoms with Crippen LogP contribution in [0.2, 0.25) is 0 Å². The summed E-state index contributed by atoms with van der Waals surface area (Å²) < 4.78 is 19.4. The molecule has 1 aromatic carbocycles. The average molecular weight is 314 g/mol. The molecule has 0 saturated carbocycles. The fourth-order valence-corrected chi connectivity index (χ4v) is 2.38. The standard InChI is InChI=1S/C18H19FN2O2/c1-3-4-5-8-23-17-7-6-13(19)10-15(17)14-9-12(2)21-18(22)16(14)11-20/h6-7,9-10H,3-5,8H2,1-2H3,(H,21,22). The molecule has 5 heteroatoms. The van der Waals surface area contributed by atoms with Crippen LogP contribution in [0.15, 0.2) is 29.1 Å². The van der Waals surface area contributed by atoms with Crippen molar-refractivity contribution in [3.05, 3.63) is 51.7 Å². The van der Waals surface area contributed by atoms with Gasteiger partial charge >= 0.3 is 0 Å². The van der Waals surface area contributed by atoms with Crippen molar-refractivity contribution in [2.45, 2.75) is 33.1 Å². The maximum Gasteiger partial charge on any atom is 0.266 e. The van der Waals surface area contributed by atoms with E-state index in [1.165, 1.54) is 18.2 Å². The number of hydrogen-bond acceptors (Lipinski definition) is 3. The highest BCUT2D eigenvalue weighted by Gasteiger charge is 2.15. The first kappa shape index (κ1) is 16.8. The van der Waals surface area contributed by atoms with E-state index in [9.17, 15) is 14.4 Å². The lowest BCUT2D eigenvalue weighted by Crippen LogP contribution is -2.13. The van der Waals surface area contributed by atoms with Gasteiger partial charge in [-0.25, -0.2) is 4.39 Å². The van der Waals surface area contributed by atoms with Crippen LogP contribution in [0.4, 0.5) is 4.39 Å². The van der Waals surface area contributed by atoms with Crippen LogP contribution in [-0.2, 0) is 0 Å². The second kappa shape index (κ2) is 7.59. The lowest BCUT2D eigenvalue weighted by atomic mass is 10.00. The molecular formula is C18H19FN2O2. The molecule has 0 radical (unpaired) electrons. The van der Waals surface area contributed by atoms with Crippen molar-refractivity contribution < 1.29 is 9.13 Å². The summed E-state index contributed by atoms with van der Waals surface area (Å²) in [7, 11) is 0. The highest BCUT2D eigenvalue weighted by atomic mass is 19.1. The number of aryl methyl sites for hydroxylation is 1. The van der Waals surface area contributed by atoms with Crippen LogP contribution in [-0.4, -0.2) is 11.6 Å². The second-order valence-electron chi connectivity index (χ2n) is 5.38. The number of aromatic nitrogens is 1. The first-order chi connectivity index (χ1) is 11.1. The number of H-pyrrole nitrogens is 1. The van der Waals surface area contributed by atoms with Gasteiger partial charge in [0.05, 0.1) is 6.61 Å². The highest BCUT2D eigenvalue weighted by molar-refractivity contribution is 5.75. The Bertz CT molecular complexity index is 791. The molecule has 120 valence electrons. The number of halogens is 1. The Morgan fingerprint density at radius 2 is 2.04 bits per heavy atom. The number of rotatable bonds is 6. The summed E-state index contributed by atoms with van der Waals surface area (Å²) in [5, 5.41) is 9.25. The predicted molar refractivity (Wildman–Crippen MR) is 86.9 cm³/mol. The van der Waals surface area contributed by atoms with Crippen molar-refractivity contribution in [3.63, 3.8) is 0 Å².